The van der Waals surface area contributed by atoms with Crippen LogP contribution in [0.5, 0.6) is 0 Å². The van der Waals surface area contributed by atoms with Crippen molar-refractivity contribution in [3.8, 4) is 0 Å². The maximum atomic E-state index is 12.4. The molecule has 0 unspecified atom stereocenters. The Bertz CT molecular complexity index is 802. The molecular formula is C20H24N4O. The normalized spacial score (nSPS) is 25.4. The number of nitrogens with one attached hydrogen (secondary N) is 1. The summed E-state index contributed by atoms with van der Waals surface area (Å²) in [6.45, 7) is 5.88. The molecular weight excluding hydrogens is 312 g/mol. The Hall–Kier alpha value is -2.43. The van der Waals surface area contributed by atoms with Crippen molar-refractivity contribution in [1.82, 2.24) is 9.97 Å². The van der Waals surface area contributed by atoms with Crippen molar-refractivity contribution >= 4 is 17.5 Å². The van der Waals surface area contributed by atoms with Crippen molar-refractivity contribution in [2.24, 2.45) is 11.8 Å². The average Bonchev–Trinajstić information content (AvgIpc) is 3.41. The first-order valence-corrected chi connectivity index (χ1v) is 9.01. The highest BCUT2D eigenvalue weighted by atomic mass is 16.2. The van der Waals surface area contributed by atoms with Crippen LogP contribution in [0, 0.1) is 18.8 Å². The summed E-state index contributed by atoms with van der Waals surface area (Å²) in [4.78, 5) is 23.4. The van der Waals surface area contributed by atoms with Crippen molar-refractivity contribution in [2.75, 3.05) is 10.2 Å². The van der Waals surface area contributed by atoms with E-state index >= 15 is 0 Å². The molecule has 1 aliphatic carbocycles. The fraction of sp³-hybridized carbons (Fsp3) is 0.450. The van der Waals surface area contributed by atoms with Crippen LogP contribution in [0.15, 0.2) is 36.5 Å². The molecule has 1 N–H and O–H groups in total. The Kier molecular flexibility index (Phi) is 3.94. The van der Waals surface area contributed by atoms with Gasteiger partial charge in [0, 0.05) is 36.5 Å². The first-order valence-electron chi connectivity index (χ1n) is 9.01. The van der Waals surface area contributed by atoms with Crippen LogP contribution in [0.4, 0.5) is 11.6 Å². The second-order valence-electron chi connectivity index (χ2n) is 7.28. The highest BCUT2D eigenvalue weighted by molar-refractivity contribution is 5.94. The van der Waals surface area contributed by atoms with Gasteiger partial charge in [-0.25, -0.2) is 9.97 Å². The highest BCUT2D eigenvalue weighted by Gasteiger charge is 2.47. The molecule has 0 bridgehead atoms. The highest BCUT2D eigenvalue weighted by Crippen LogP contribution is 2.49. The van der Waals surface area contributed by atoms with Gasteiger partial charge >= 0.3 is 0 Å². The van der Waals surface area contributed by atoms with Crippen molar-refractivity contribution in [3.63, 3.8) is 0 Å². The summed E-state index contributed by atoms with van der Waals surface area (Å²) in [5, 5.41) is 3.54. The molecule has 5 heteroatoms. The summed E-state index contributed by atoms with van der Waals surface area (Å²) in [5.41, 5.74) is 3.11. The van der Waals surface area contributed by atoms with Crippen molar-refractivity contribution in [3.05, 3.63) is 47.8 Å². The van der Waals surface area contributed by atoms with Crippen molar-refractivity contribution < 1.29 is 4.79 Å². The minimum absolute atomic E-state index is 0.0965. The second kappa shape index (κ2) is 6.14. The number of carbonyl (C=O) groups is 1. The SMILES string of the molecule is CC(=O)N1c2ccccc2[C@H](Nc2nccc(C)n2)[C@@H](C)[C@@H]1C1CC1. The van der Waals surface area contributed by atoms with Gasteiger partial charge in [-0.3, -0.25) is 4.79 Å². The Labute approximate surface area is 148 Å². The number of hydrogen-bond donors (Lipinski definition) is 1. The molecule has 1 aliphatic heterocycles. The van der Waals surface area contributed by atoms with Gasteiger partial charge < -0.3 is 10.2 Å². The number of aromatic nitrogens is 2. The van der Waals surface area contributed by atoms with E-state index in [1.807, 2.05) is 30.0 Å². The maximum Gasteiger partial charge on any atom is 0.224 e. The van der Waals surface area contributed by atoms with Crippen LogP contribution in [-0.2, 0) is 4.79 Å². The monoisotopic (exact) mass is 336 g/mol. The Morgan fingerprint density at radius 3 is 2.68 bits per heavy atom. The largest absolute Gasteiger partial charge is 0.347 e. The smallest absolute Gasteiger partial charge is 0.224 e. The molecule has 130 valence electrons. The molecule has 0 saturated heterocycles. The van der Waals surface area contributed by atoms with E-state index in [0.29, 0.717) is 11.9 Å². The van der Waals surface area contributed by atoms with Crippen molar-refractivity contribution in [1.29, 1.82) is 0 Å². The number of amides is 1. The van der Waals surface area contributed by atoms with Gasteiger partial charge in [0.15, 0.2) is 0 Å². The molecule has 0 radical (unpaired) electrons. The molecule has 1 saturated carbocycles. The fourth-order valence-electron chi connectivity index (χ4n) is 4.17. The van der Waals surface area contributed by atoms with E-state index in [1.165, 1.54) is 12.8 Å². The van der Waals surface area contributed by atoms with Gasteiger partial charge in [0.1, 0.15) is 0 Å². The summed E-state index contributed by atoms with van der Waals surface area (Å²) >= 11 is 0. The fourth-order valence-corrected chi connectivity index (χ4v) is 4.17. The number of anilines is 2. The number of hydrogen-bond acceptors (Lipinski definition) is 4. The lowest BCUT2D eigenvalue weighted by Crippen LogP contribution is -2.51. The number of nitrogens with zero attached hydrogens (tertiary/aromatic N) is 3. The first kappa shape index (κ1) is 16.1. The number of rotatable bonds is 3. The van der Waals surface area contributed by atoms with Gasteiger partial charge in [-0.05, 0) is 43.4 Å². The third kappa shape index (κ3) is 2.88. The molecule has 0 spiro atoms. The zero-order valence-electron chi connectivity index (χ0n) is 14.9. The molecule has 1 amide bonds. The predicted octanol–water partition coefficient (Wildman–Crippen LogP) is 3.72. The lowest BCUT2D eigenvalue weighted by Gasteiger charge is -2.45. The third-order valence-electron chi connectivity index (χ3n) is 5.42. The van der Waals surface area contributed by atoms with E-state index in [2.05, 4.69) is 34.3 Å². The zero-order valence-corrected chi connectivity index (χ0v) is 14.9. The number of fused-ring (bicyclic) bond motifs is 1. The van der Waals surface area contributed by atoms with Gasteiger partial charge in [0.05, 0.1) is 6.04 Å². The van der Waals surface area contributed by atoms with Crippen LogP contribution in [0.25, 0.3) is 0 Å². The van der Waals surface area contributed by atoms with Crippen LogP contribution < -0.4 is 10.2 Å². The minimum atomic E-state index is 0.0965. The summed E-state index contributed by atoms with van der Waals surface area (Å²) < 4.78 is 0. The topological polar surface area (TPSA) is 58.1 Å². The predicted molar refractivity (Wildman–Crippen MR) is 98.4 cm³/mol. The molecule has 1 fully saturated rings. The minimum Gasteiger partial charge on any atom is -0.347 e. The quantitative estimate of drug-likeness (QED) is 0.928. The number of carbonyl (C=O) groups excluding carboxylic acids is 1. The molecule has 2 heterocycles. The van der Waals surface area contributed by atoms with E-state index in [0.717, 1.165) is 16.9 Å². The summed E-state index contributed by atoms with van der Waals surface area (Å²) in [6.07, 6.45) is 4.19. The van der Waals surface area contributed by atoms with Crippen LogP contribution in [0.1, 0.15) is 44.0 Å². The van der Waals surface area contributed by atoms with Gasteiger partial charge in [-0.1, -0.05) is 25.1 Å². The molecule has 3 atom stereocenters. The average molecular weight is 336 g/mol. The number of benzene rings is 1. The lowest BCUT2D eigenvalue weighted by atomic mass is 9.80. The standard InChI is InChI=1S/C20H24N4O/c1-12-10-11-21-20(22-12)23-18-13(2)19(15-8-9-15)24(14(3)25)17-7-5-4-6-16(17)18/h4-7,10-11,13,15,18-19H,8-9H2,1-3H3,(H,21,22,23)/t13-,18-,19-/m1/s1. The summed E-state index contributed by atoms with van der Waals surface area (Å²) in [5.74, 6) is 1.66. The van der Waals surface area contributed by atoms with E-state index in [1.54, 1.807) is 13.1 Å². The van der Waals surface area contributed by atoms with E-state index in [9.17, 15) is 4.79 Å². The molecule has 25 heavy (non-hydrogen) atoms. The Balaban J connectivity index is 1.77. The number of aryl methyl sites for hydroxylation is 1. The van der Waals surface area contributed by atoms with Gasteiger partial charge in [0.25, 0.3) is 0 Å². The number of para-hydroxylation sites is 1. The van der Waals surface area contributed by atoms with E-state index in [4.69, 9.17) is 0 Å². The Morgan fingerprint density at radius 2 is 2.00 bits per heavy atom. The molecule has 2 aromatic rings. The molecule has 1 aromatic carbocycles. The first-order chi connectivity index (χ1) is 12.1. The van der Waals surface area contributed by atoms with Crippen LogP contribution in [0.2, 0.25) is 0 Å². The van der Waals surface area contributed by atoms with Gasteiger partial charge in [-0.2, -0.15) is 0 Å². The zero-order chi connectivity index (χ0) is 17.6. The van der Waals surface area contributed by atoms with Gasteiger partial charge in [-0.15, -0.1) is 0 Å². The molecule has 2 aliphatic rings. The van der Waals surface area contributed by atoms with E-state index in [-0.39, 0.29) is 23.9 Å². The molecule has 5 nitrogen and oxygen atoms in total. The second-order valence-corrected chi connectivity index (χ2v) is 7.28. The van der Waals surface area contributed by atoms with Crippen LogP contribution in [-0.4, -0.2) is 21.9 Å². The lowest BCUT2D eigenvalue weighted by molar-refractivity contribution is -0.117. The van der Waals surface area contributed by atoms with Crippen molar-refractivity contribution in [2.45, 2.75) is 45.7 Å². The molecule has 1 aromatic heterocycles. The third-order valence-corrected chi connectivity index (χ3v) is 5.42. The van der Waals surface area contributed by atoms with E-state index < -0.39 is 0 Å². The van der Waals surface area contributed by atoms with Crippen LogP contribution >= 0.6 is 0 Å². The molecule has 4 rings (SSSR count). The van der Waals surface area contributed by atoms with Gasteiger partial charge in [0.2, 0.25) is 11.9 Å². The Morgan fingerprint density at radius 1 is 1.24 bits per heavy atom. The summed E-state index contributed by atoms with van der Waals surface area (Å²) in [7, 11) is 0. The van der Waals surface area contributed by atoms with Crippen LogP contribution in [0.3, 0.4) is 0 Å². The maximum absolute atomic E-state index is 12.4. The summed E-state index contributed by atoms with van der Waals surface area (Å²) in [6, 6.07) is 10.4.